The van der Waals surface area contributed by atoms with E-state index in [0.29, 0.717) is 31.5 Å². The summed E-state index contributed by atoms with van der Waals surface area (Å²) in [5.41, 5.74) is -1.33. The molecule has 9 heteroatoms. The van der Waals surface area contributed by atoms with Crippen LogP contribution in [-0.2, 0) is 11.0 Å². The number of hydrogen-bond donors (Lipinski definition) is 0. The van der Waals surface area contributed by atoms with Crippen LogP contribution in [0.3, 0.4) is 0 Å². The minimum Gasteiger partial charge on any atom is -0.449 e. The van der Waals surface area contributed by atoms with Crippen molar-refractivity contribution in [3.8, 4) is 0 Å². The summed E-state index contributed by atoms with van der Waals surface area (Å²) < 4.78 is 46.5. The molecule has 0 radical (unpaired) electrons. The highest BCUT2D eigenvalue weighted by molar-refractivity contribution is 6.38. The second-order valence-electron chi connectivity index (χ2n) is 9.01. The molecule has 168 valence electrons. The maximum Gasteiger partial charge on any atom is 0.420 e. The van der Waals surface area contributed by atoms with Crippen LogP contribution in [-0.4, -0.2) is 48.8 Å². The zero-order valence-electron chi connectivity index (χ0n) is 17.6. The lowest BCUT2D eigenvalue weighted by atomic mass is 9.79. The van der Waals surface area contributed by atoms with Gasteiger partial charge >= 0.3 is 6.18 Å². The van der Waals surface area contributed by atoms with Crippen molar-refractivity contribution < 1.29 is 27.2 Å². The molecule has 0 unspecified atom stereocenters. The average Bonchev–Trinajstić information content (AvgIpc) is 3.50. The molecule has 2 aliphatic rings. The van der Waals surface area contributed by atoms with Crippen LogP contribution in [0.15, 0.2) is 16.5 Å². The van der Waals surface area contributed by atoms with Crippen LogP contribution in [0.1, 0.15) is 60.2 Å². The summed E-state index contributed by atoms with van der Waals surface area (Å²) in [6.45, 7) is 2.45. The number of fused-ring (bicyclic) bond motifs is 1. The van der Waals surface area contributed by atoms with Crippen LogP contribution >= 0.6 is 11.6 Å². The van der Waals surface area contributed by atoms with Crippen molar-refractivity contribution in [1.29, 1.82) is 0 Å². The number of nitrogens with zero attached hydrogens (tertiary/aromatic N) is 2. The van der Waals surface area contributed by atoms with Gasteiger partial charge in [0.25, 0.3) is 5.91 Å². The van der Waals surface area contributed by atoms with Crippen molar-refractivity contribution in [2.75, 3.05) is 27.2 Å². The highest BCUT2D eigenvalue weighted by atomic mass is 35.5. The molecule has 1 saturated carbocycles. The number of likely N-dealkylation sites (tertiary alicyclic amines) is 1. The van der Waals surface area contributed by atoms with Gasteiger partial charge in [0.15, 0.2) is 0 Å². The fraction of sp³-hybridized carbons (Fsp3) is 0.545. The van der Waals surface area contributed by atoms with E-state index in [9.17, 15) is 22.8 Å². The molecule has 0 N–H and O–H groups in total. The molecule has 0 spiro atoms. The summed E-state index contributed by atoms with van der Waals surface area (Å²) in [6.07, 6.45) is -2.05. The minimum absolute atomic E-state index is 0.0104. The van der Waals surface area contributed by atoms with E-state index in [1.807, 2.05) is 6.92 Å². The Morgan fingerprint density at radius 1 is 1.19 bits per heavy atom. The first-order valence-electron chi connectivity index (χ1n) is 10.3. The van der Waals surface area contributed by atoms with E-state index >= 15 is 0 Å². The van der Waals surface area contributed by atoms with Gasteiger partial charge in [-0.2, -0.15) is 13.2 Å². The monoisotopic (exact) mass is 456 g/mol. The molecule has 0 bridgehead atoms. The van der Waals surface area contributed by atoms with Crippen molar-refractivity contribution in [3.05, 3.63) is 34.0 Å². The second-order valence-corrected chi connectivity index (χ2v) is 9.39. The molecule has 1 aliphatic heterocycles. The normalized spacial score (nSPS) is 19.0. The number of benzene rings is 1. The van der Waals surface area contributed by atoms with Gasteiger partial charge in [-0.3, -0.25) is 9.59 Å². The summed E-state index contributed by atoms with van der Waals surface area (Å²) in [5, 5.41) is 0.0251. The highest BCUT2D eigenvalue weighted by Gasteiger charge is 2.41. The van der Waals surface area contributed by atoms with E-state index in [2.05, 4.69) is 0 Å². The van der Waals surface area contributed by atoms with Gasteiger partial charge in [-0.05, 0) is 49.3 Å². The van der Waals surface area contributed by atoms with E-state index in [-0.39, 0.29) is 28.0 Å². The molecular formula is C22H24ClF3N2O3. The van der Waals surface area contributed by atoms with Crippen LogP contribution in [0.4, 0.5) is 13.2 Å². The zero-order chi connectivity index (χ0) is 22.7. The average molecular weight is 457 g/mol. The maximum absolute atomic E-state index is 13.7. The van der Waals surface area contributed by atoms with Gasteiger partial charge in [0.05, 0.1) is 10.6 Å². The Morgan fingerprint density at radius 2 is 1.81 bits per heavy atom. The summed E-state index contributed by atoms with van der Waals surface area (Å²) in [4.78, 5) is 28.5. The van der Waals surface area contributed by atoms with Crippen LogP contribution in [0.2, 0.25) is 5.02 Å². The van der Waals surface area contributed by atoms with E-state index in [0.717, 1.165) is 18.9 Å². The predicted octanol–water partition coefficient (Wildman–Crippen LogP) is 5.31. The fourth-order valence-corrected chi connectivity index (χ4v) is 4.55. The Hall–Kier alpha value is -2.22. The van der Waals surface area contributed by atoms with Gasteiger partial charge in [-0.1, -0.05) is 18.5 Å². The number of carbonyl (C=O) groups excluding carboxylic acids is 2. The van der Waals surface area contributed by atoms with Crippen molar-refractivity contribution in [1.82, 2.24) is 9.80 Å². The lowest BCUT2D eigenvalue weighted by Crippen LogP contribution is -2.48. The third-order valence-electron chi connectivity index (χ3n) is 6.38. The molecule has 5 nitrogen and oxygen atoms in total. The highest BCUT2D eigenvalue weighted by Crippen LogP contribution is 2.47. The lowest BCUT2D eigenvalue weighted by molar-refractivity contribution is -0.141. The molecule has 0 atom stereocenters. The number of piperidine rings is 1. The summed E-state index contributed by atoms with van der Waals surface area (Å²) in [5.74, 6) is -0.757. The number of hydrogen-bond acceptors (Lipinski definition) is 3. The Morgan fingerprint density at radius 3 is 2.32 bits per heavy atom. The van der Waals surface area contributed by atoms with Gasteiger partial charge < -0.3 is 14.2 Å². The van der Waals surface area contributed by atoms with Gasteiger partial charge in [-0.25, -0.2) is 0 Å². The smallest absolute Gasteiger partial charge is 0.420 e. The first-order valence-corrected chi connectivity index (χ1v) is 10.6. The number of halogens is 4. The van der Waals surface area contributed by atoms with E-state index in [1.165, 1.54) is 9.80 Å². The number of alkyl halides is 3. The number of rotatable bonds is 3. The molecule has 4 rings (SSSR count). The van der Waals surface area contributed by atoms with Gasteiger partial charge in [0, 0.05) is 38.0 Å². The SMILES string of the molecule is CN(C)C(=O)C1(C)CCN(C(=O)c2oc3c(C(F)(F)F)cc(C4CC4)cc3c2Cl)CC1. The Bertz CT molecular complexity index is 1050. The second kappa shape index (κ2) is 7.43. The molecule has 2 heterocycles. The maximum atomic E-state index is 13.7. The largest absolute Gasteiger partial charge is 0.449 e. The molecular weight excluding hydrogens is 433 g/mol. The van der Waals surface area contributed by atoms with Crippen molar-refractivity contribution in [2.24, 2.45) is 5.41 Å². The van der Waals surface area contributed by atoms with Crippen LogP contribution in [0, 0.1) is 5.41 Å². The van der Waals surface area contributed by atoms with Gasteiger partial charge in [0.2, 0.25) is 11.7 Å². The topological polar surface area (TPSA) is 53.8 Å². The van der Waals surface area contributed by atoms with E-state index < -0.39 is 28.6 Å². The lowest BCUT2D eigenvalue weighted by Gasteiger charge is -2.39. The fourth-order valence-electron chi connectivity index (χ4n) is 4.29. The van der Waals surface area contributed by atoms with Gasteiger partial charge in [-0.15, -0.1) is 0 Å². The Balaban J connectivity index is 1.65. The summed E-state index contributed by atoms with van der Waals surface area (Å²) in [7, 11) is 3.38. The van der Waals surface area contributed by atoms with Crippen LogP contribution in [0.5, 0.6) is 0 Å². The third kappa shape index (κ3) is 3.90. The first kappa shape index (κ1) is 22.0. The molecule has 2 fully saturated rings. The molecule has 1 aliphatic carbocycles. The molecule has 1 aromatic heterocycles. The standard InChI is InChI=1S/C22H24ClF3N2O3/c1-21(20(30)27(2)3)6-8-28(9-7-21)19(29)18-16(23)14-10-13(12-4-5-12)11-15(17(14)31-18)22(24,25)26/h10-12H,4-9H2,1-3H3. The van der Waals surface area contributed by atoms with Crippen LogP contribution in [0.25, 0.3) is 11.0 Å². The van der Waals surface area contributed by atoms with E-state index in [1.54, 1.807) is 20.2 Å². The molecule has 31 heavy (non-hydrogen) atoms. The number of amides is 2. The summed E-state index contributed by atoms with van der Waals surface area (Å²) >= 11 is 6.37. The third-order valence-corrected chi connectivity index (χ3v) is 6.75. The van der Waals surface area contributed by atoms with E-state index in [4.69, 9.17) is 16.0 Å². The first-order chi connectivity index (χ1) is 14.4. The Labute approximate surface area is 183 Å². The Kier molecular flexibility index (Phi) is 5.27. The predicted molar refractivity (Wildman–Crippen MR) is 110 cm³/mol. The molecule has 1 aromatic carbocycles. The molecule has 2 amide bonds. The quantitative estimate of drug-likeness (QED) is 0.628. The van der Waals surface area contributed by atoms with Gasteiger partial charge in [0.1, 0.15) is 5.58 Å². The number of furan rings is 1. The minimum atomic E-state index is -4.62. The zero-order valence-corrected chi connectivity index (χ0v) is 18.4. The molecule has 1 saturated heterocycles. The van der Waals surface area contributed by atoms with Crippen molar-refractivity contribution >= 4 is 34.4 Å². The number of carbonyl (C=O) groups is 2. The van der Waals surface area contributed by atoms with Crippen molar-refractivity contribution in [3.63, 3.8) is 0 Å². The summed E-state index contributed by atoms with van der Waals surface area (Å²) in [6, 6.07) is 2.71. The van der Waals surface area contributed by atoms with Crippen molar-refractivity contribution in [2.45, 2.75) is 44.7 Å². The van der Waals surface area contributed by atoms with Crippen LogP contribution < -0.4 is 0 Å². The molecule has 2 aromatic rings.